The molecule has 0 saturated heterocycles. The maximum absolute atomic E-state index is 13.1. The number of rotatable bonds is 4. The molecule has 6 nitrogen and oxygen atoms in total. The van der Waals surface area contributed by atoms with Gasteiger partial charge in [0.05, 0.1) is 29.7 Å². The lowest BCUT2D eigenvalue weighted by molar-refractivity contribution is -0.137. The highest BCUT2D eigenvalue weighted by atomic mass is 32.1. The Morgan fingerprint density at radius 3 is 2.55 bits per heavy atom. The SMILES string of the molecule is COc1ccc(C(F)(F)F)cc1NC(=O)c1sc2nc(-c3ccncc3)ccc2c1N. The Morgan fingerprint density at radius 2 is 1.87 bits per heavy atom. The van der Waals surface area contributed by atoms with Gasteiger partial charge in [-0.2, -0.15) is 13.2 Å². The summed E-state index contributed by atoms with van der Waals surface area (Å²) in [6, 6.07) is 9.99. The van der Waals surface area contributed by atoms with Gasteiger partial charge in [-0.05, 0) is 42.5 Å². The van der Waals surface area contributed by atoms with Crippen LogP contribution in [0.4, 0.5) is 24.5 Å². The number of amides is 1. The molecule has 0 aliphatic rings. The van der Waals surface area contributed by atoms with Crippen molar-refractivity contribution in [3.05, 3.63) is 65.3 Å². The second-order valence-electron chi connectivity index (χ2n) is 6.50. The van der Waals surface area contributed by atoms with Gasteiger partial charge in [0.25, 0.3) is 5.91 Å². The minimum Gasteiger partial charge on any atom is -0.495 e. The summed E-state index contributed by atoms with van der Waals surface area (Å²) in [6.45, 7) is 0. The van der Waals surface area contributed by atoms with Crippen molar-refractivity contribution in [1.29, 1.82) is 0 Å². The van der Waals surface area contributed by atoms with E-state index in [1.807, 2.05) is 0 Å². The van der Waals surface area contributed by atoms with E-state index in [1.54, 1.807) is 36.7 Å². The average molecular weight is 444 g/mol. The van der Waals surface area contributed by atoms with E-state index >= 15 is 0 Å². The molecule has 0 atom stereocenters. The zero-order chi connectivity index (χ0) is 22.2. The summed E-state index contributed by atoms with van der Waals surface area (Å²) < 4.78 is 44.3. The topological polar surface area (TPSA) is 90.1 Å². The number of nitrogens with zero attached hydrogens (tertiary/aromatic N) is 2. The Bertz CT molecular complexity index is 1270. The molecular weight excluding hydrogens is 429 g/mol. The van der Waals surface area contributed by atoms with Crippen molar-refractivity contribution in [3.63, 3.8) is 0 Å². The van der Waals surface area contributed by atoms with Gasteiger partial charge in [0.15, 0.2) is 0 Å². The molecule has 3 heterocycles. The highest BCUT2D eigenvalue weighted by Gasteiger charge is 2.31. The zero-order valence-corrected chi connectivity index (χ0v) is 16.8. The molecule has 3 aromatic heterocycles. The van der Waals surface area contributed by atoms with Crippen LogP contribution in [0.15, 0.2) is 54.9 Å². The van der Waals surface area contributed by atoms with Gasteiger partial charge in [-0.1, -0.05) is 0 Å². The Labute approximate surface area is 178 Å². The maximum atomic E-state index is 13.1. The van der Waals surface area contributed by atoms with Gasteiger partial charge in [-0.25, -0.2) is 4.98 Å². The third-order valence-electron chi connectivity index (χ3n) is 4.55. The first-order chi connectivity index (χ1) is 14.8. The number of carbonyl (C=O) groups excluding carboxylic acids is 1. The first kappa shape index (κ1) is 20.6. The van der Waals surface area contributed by atoms with Crippen molar-refractivity contribution in [2.45, 2.75) is 6.18 Å². The molecule has 1 amide bonds. The number of hydrogen-bond acceptors (Lipinski definition) is 6. The molecule has 0 aliphatic carbocycles. The number of hydrogen-bond donors (Lipinski definition) is 2. The first-order valence-corrected chi connectivity index (χ1v) is 9.75. The Morgan fingerprint density at radius 1 is 1.13 bits per heavy atom. The van der Waals surface area contributed by atoms with Crippen molar-refractivity contribution in [3.8, 4) is 17.0 Å². The number of nitrogen functional groups attached to an aromatic ring is 1. The van der Waals surface area contributed by atoms with Crippen molar-refractivity contribution in [2.24, 2.45) is 0 Å². The Balaban J connectivity index is 1.69. The summed E-state index contributed by atoms with van der Waals surface area (Å²) in [4.78, 5) is 22.0. The first-order valence-electron chi connectivity index (χ1n) is 8.94. The normalized spacial score (nSPS) is 11.5. The quantitative estimate of drug-likeness (QED) is 0.450. The molecule has 10 heteroatoms. The fraction of sp³-hybridized carbons (Fsp3) is 0.0952. The van der Waals surface area contributed by atoms with Crippen LogP contribution in [-0.2, 0) is 6.18 Å². The molecule has 0 bridgehead atoms. The molecule has 0 fully saturated rings. The Hall–Kier alpha value is -3.66. The van der Waals surface area contributed by atoms with Gasteiger partial charge in [0.1, 0.15) is 15.5 Å². The van der Waals surface area contributed by atoms with Gasteiger partial charge in [0.2, 0.25) is 0 Å². The lowest BCUT2D eigenvalue weighted by atomic mass is 10.1. The second kappa shape index (κ2) is 7.88. The monoisotopic (exact) mass is 444 g/mol. The number of nitrogens with two attached hydrogens (primary N) is 1. The van der Waals surface area contributed by atoms with Crippen LogP contribution in [0.5, 0.6) is 5.75 Å². The van der Waals surface area contributed by atoms with Crippen LogP contribution >= 0.6 is 11.3 Å². The number of alkyl halides is 3. The molecule has 1 aromatic carbocycles. The largest absolute Gasteiger partial charge is 0.495 e. The van der Waals surface area contributed by atoms with E-state index in [0.29, 0.717) is 15.9 Å². The van der Waals surface area contributed by atoms with Gasteiger partial charge in [0, 0.05) is 23.3 Å². The number of carbonyl (C=O) groups is 1. The lowest BCUT2D eigenvalue weighted by Gasteiger charge is -2.13. The number of ether oxygens (including phenoxy) is 1. The van der Waals surface area contributed by atoms with E-state index in [0.717, 1.165) is 35.1 Å². The number of fused-ring (bicyclic) bond motifs is 1. The molecule has 0 spiro atoms. The predicted octanol–water partition coefficient (Wildman–Crippen LogP) is 5.22. The van der Waals surface area contributed by atoms with Gasteiger partial charge in [-0.15, -0.1) is 11.3 Å². The third kappa shape index (κ3) is 4.02. The predicted molar refractivity (Wildman–Crippen MR) is 113 cm³/mol. The van der Waals surface area contributed by atoms with Crippen LogP contribution in [0.3, 0.4) is 0 Å². The van der Waals surface area contributed by atoms with E-state index in [1.165, 1.54) is 7.11 Å². The number of pyridine rings is 2. The smallest absolute Gasteiger partial charge is 0.416 e. The highest BCUT2D eigenvalue weighted by molar-refractivity contribution is 7.21. The summed E-state index contributed by atoms with van der Waals surface area (Å²) in [6.07, 6.45) is -1.27. The number of thiophene rings is 1. The van der Waals surface area contributed by atoms with Crippen molar-refractivity contribution in [2.75, 3.05) is 18.2 Å². The van der Waals surface area contributed by atoms with Crippen LogP contribution < -0.4 is 15.8 Å². The highest BCUT2D eigenvalue weighted by Crippen LogP contribution is 2.37. The number of nitrogens with one attached hydrogen (secondary N) is 1. The minimum atomic E-state index is -4.56. The van der Waals surface area contributed by atoms with E-state index < -0.39 is 17.6 Å². The standard InChI is InChI=1S/C21H15F3N4O2S/c1-30-16-5-2-12(21(22,23)24)10-15(16)27-19(29)18-17(25)13-3-4-14(28-20(13)31-18)11-6-8-26-9-7-11/h2-10H,25H2,1H3,(H,27,29). The van der Waals surface area contributed by atoms with Gasteiger partial charge >= 0.3 is 6.18 Å². The molecule has 0 saturated carbocycles. The third-order valence-corrected chi connectivity index (χ3v) is 5.67. The van der Waals surface area contributed by atoms with Crippen LogP contribution in [0.2, 0.25) is 0 Å². The van der Waals surface area contributed by atoms with Crippen LogP contribution in [-0.4, -0.2) is 23.0 Å². The minimum absolute atomic E-state index is 0.0964. The summed E-state index contributed by atoms with van der Waals surface area (Å²) in [5.41, 5.74) is 6.87. The molecule has 3 N–H and O–H groups in total. The second-order valence-corrected chi connectivity index (χ2v) is 7.50. The summed E-state index contributed by atoms with van der Waals surface area (Å²) in [5.74, 6) is -0.553. The number of benzene rings is 1. The fourth-order valence-electron chi connectivity index (χ4n) is 3.01. The number of anilines is 2. The van der Waals surface area contributed by atoms with E-state index in [9.17, 15) is 18.0 Å². The van der Waals surface area contributed by atoms with Crippen LogP contribution in [0, 0.1) is 0 Å². The summed E-state index contributed by atoms with van der Waals surface area (Å²) in [5, 5.41) is 3.06. The number of aromatic nitrogens is 2. The van der Waals surface area contributed by atoms with Crippen molar-refractivity contribution >= 4 is 38.8 Å². The van der Waals surface area contributed by atoms with Crippen molar-refractivity contribution < 1.29 is 22.7 Å². The zero-order valence-electron chi connectivity index (χ0n) is 16.0. The number of halogens is 3. The van der Waals surface area contributed by atoms with Crippen LogP contribution in [0.25, 0.3) is 21.5 Å². The summed E-state index contributed by atoms with van der Waals surface area (Å²) >= 11 is 1.06. The van der Waals surface area contributed by atoms with Gasteiger partial charge < -0.3 is 15.8 Å². The molecule has 31 heavy (non-hydrogen) atoms. The molecule has 4 rings (SSSR count). The van der Waals surface area contributed by atoms with Gasteiger partial charge in [-0.3, -0.25) is 9.78 Å². The molecule has 4 aromatic rings. The molecule has 158 valence electrons. The van der Waals surface area contributed by atoms with Crippen molar-refractivity contribution in [1.82, 2.24) is 9.97 Å². The number of methoxy groups -OCH3 is 1. The van der Waals surface area contributed by atoms with Crippen LogP contribution in [0.1, 0.15) is 15.2 Å². The maximum Gasteiger partial charge on any atom is 0.416 e. The van der Waals surface area contributed by atoms with E-state index in [2.05, 4.69) is 15.3 Å². The molecule has 0 radical (unpaired) electrons. The lowest BCUT2D eigenvalue weighted by Crippen LogP contribution is -2.14. The van der Waals surface area contributed by atoms with E-state index in [-0.39, 0.29) is 22.0 Å². The fourth-order valence-corrected chi connectivity index (χ4v) is 4.00. The summed E-state index contributed by atoms with van der Waals surface area (Å²) in [7, 11) is 1.30. The molecule has 0 unspecified atom stereocenters. The molecular formula is C21H15F3N4O2S. The Kier molecular flexibility index (Phi) is 5.24. The molecule has 0 aliphatic heterocycles. The average Bonchev–Trinajstić information content (AvgIpc) is 3.09. The van der Waals surface area contributed by atoms with E-state index in [4.69, 9.17) is 10.5 Å².